The van der Waals surface area contributed by atoms with Crippen molar-refractivity contribution in [3.63, 3.8) is 0 Å². The van der Waals surface area contributed by atoms with Gasteiger partial charge in [-0.1, -0.05) is 12.1 Å². The van der Waals surface area contributed by atoms with Gasteiger partial charge in [-0.15, -0.1) is 0 Å². The van der Waals surface area contributed by atoms with Crippen molar-refractivity contribution in [1.29, 1.82) is 0 Å². The summed E-state index contributed by atoms with van der Waals surface area (Å²) in [5, 5.41) is 0. The van der Waals surface area contributed by atoms with Gasteiger partial charge in [-0.3, -0.25) is 9.11 Å². The van der Waals surface area contributed by atoms with Crippen LogP contribution in [0.2, 0.25) is 0 Å². The molecule has 0 heterocycles. The van der Waals surface area contributed by atoms with E-state index in [0.717, 1.165) is 0 Å². The Labute approximate surface area is 78.9 Å². The molecule has 0 unspecified atom stereocenters. The van der Waals surface area contributed by atoms with Gasteiger partial charge in [0.05, 0.1) is 0 Å². The maximum Gasteiger partial charge on any atom is 0.430 e. The summed E-state index contributed by atoms with van der Waals surface area (Å²) in [5.74, 6) is -0.186. The van der Waals surface area contributed by atoms with Gasteiger partial charge in [0.1, 0.15) is 5.82 Å². The lowest BCUT2D eigenvalue weighted by Gasteiger charge is -1.88. The number of rotatable bonds is 2. The molecule has 2 N–H and O–H groups in total. The minimum atomic E-state index is -3.76. The SMILES string of the molecule is O=S(O)(O)=[S+]Cc1ccc(F)cc1. The van der Waals surface area contributed by atoms with Gasteiger partial charge in [0.2, 0.25) is 5.75 Å². The highest BCUT2D eigenvalue weighted by atomic mass is 32.9. The summed E-state index contributed by atoms with van der Waals surface area (Å²) in [6.45, 7) is 0. The third kappa shape index (κ3) is 4.28. The maximum atomic E-state index is 12.4. The first kappa shape index (κ1) is 10.5. The molecule has 1 aromatic carbocycles. The van der Waals surface area contributed by atoms with E-state index >= 15 is 0 Å². The molecule has 0 saturated heterocycles. The summed E-state index contributed by atoms with van der Waals surface area (Å²) < 4.78 is 39.8. The van der Waals surface area contributed by atoms with E-state index in [1.165, 1.54) is 24.3 Å². The van der Waals surface area contributed by atoms with E-state index in [-0.39, 0.29) is 11.6 Å². The fourth-order valence-electron chi connectivity index (χ4n) is 0.725. The molecular weight excluding hydrogens is 215 g/mol. The van der Waals surface area contributed by atoms with Gasteiger partial charge in [0.15, 0.2) is 0 Å². The van der Waals surface area contributed by atoms with Crippen LogP contribution < -0.4 is 0 Å². The summed E-state index contributed by atoms with van der Waals surface area (Å²) in [6.07, 6.45) is 0. The highest BCUT2D eigenvalue weighted by Crippen LogP contribution is 2.03. The number of hydrogen-bond donors (Lipinski definition) is 2. The normalized spacial score (nSPS) is 11.3. The highest BCUT2D eigenvalue weighted by Gasteiger charge is 2.10. The van der Waals surface area contributed by atoms with Crippen LogP contribution in [0.5, 0.6) is 0 Å². The Morgan fingerprint density at radius 3 is 2.31 bits per heavy atom. The summed E-state index contributed by atoms with van der Waals surface area (Å²) in [7, 11) is -3.25. The van der Waals surface area contributed by atoms with Crippen LogP contribution in [0.4, 0.5) is 4.39 Å². The average molecular weight is 223 g/mol. The first-order chi connectivity index (χ1) is 5.97. The maximum absolute atomic E-state index is 12.4. The standard InChI is InChI=1S/C7H7FO3S2/c8-7-3-1-6(2-4-7)5-12-13(9,10)11/h1-4H,5H2,(H-,9,10,11)/p+1. The number of halogens is 1. The monoisotopic (exact) mass is 223 g/mol. The zero-order valence-corrected chi connectivity index (χ0v) is 8.15. The van der Waals surface area contributed by atoms with E-state index in [9.17, 15) is 8.60 Å². The van der Waals surface area contributed by atoms with Crippen molar-refractivity contribution < 1.29 is 17.7 Å². The van der Waals surface area contributed by atoms with Crippen LogP contribution in [0.1, 0.15) is 5.56 Å². The van der Waals surface area contributed by atoms with Gasteiger partial charge in [0, 0.05) is 5.56 Å². The van der Waals surface area contributed by atoms with E-state index < -0.39 is 9.05 Å². The molecule has 0 radical (unpaired) electrons. The molecule has 0 atom stereocenters. The van der Waals surface area contributed by atoms with Gasteiger partial charge in [-0.25, -0.2) is 4.39 Å². The Kier molecular flexibility index (Phi) is 3.32. The first-order valence-corrected chi connectivity index (χ1v) is 6.33. The van der Waals surface area contributed by atoms with Crippen LogP contribution in [0.25, 0.3) is 0 Å². The molecule has 0 amide bonds. The molecule has 0 aliphatic rings. The first-order valence-electron chi connectivity index (χ1n) is 3.35. The third-order valence-corrected chi connectivity index (χ3v) is 3.33. The Hall–Kier alpha value is -0.560. The molecule has 0 aromatic heterocycles. The van der Waals surface area contributed by atoms with E-state index in [0.29, 0.717) is 15.9 Å². The van der Waals surface area contributed by atoms with Gasteiger partial charge < -0.3 is 0 Å². The highest BCUT2D eigenvalue weighted by molar-refractivity contribution is 8.33. The minimum Gasteiger partial charge on any atom is -0.251 e. The van der Waals surface area contributed by atoms with Crippen molar-refractivity contribution in [3.8, 4) is 0 Å². The number of benzene rings is 1. The summed E-state index contributed by atoms with van der Waals surface area (Å²) in [4.78, 5) is 0. The second-order valence-electron chi connectivity index (χ2n) is 2.34. The Bertz CT molecular complexity index is 385. The van der Waals surface area contributed by atoms with E-state index in [2.05, 4.69) is 0 Å². The fourth-order valence-corrected chi connectivity index (χ4v) is 2.08. The molecule has 0 fully saturated rings. The lowest BCUT2D eigenvalue weighted by molar-refractivity contribution is 0.450. The topological polar surface area (TPSA) is 57.5 Å². The molecule has 13 heavy (non-hydrogen) atoms. The third-order valence-electron chi connectivity index (χ3n) is 1.29. The summed E-state index contributed by atoms with van der Waals surface area (Å²) in [6, 6.07) is 5.50. The summed E-state index contributed by atoms with van der Waals surface area (Å²) >= 11 is 0. The lowest BCUT2D eigenvalue weighted by atomic mass is 10.2. The Morgan fingerprint density at radius 2 is 1.85 bits per heavy atom. The van der Waals surface area contributed by atoms with Gasteiger partial charge in [-0.2, -0.15) is 4.21 Å². The fraction of sp³-hybridized carbons (Fsp3) is 0.143. The van der Waals surface area contributed by atoms with Crippen LogP contribution in [-0.4, -0.2) is 13.3 Å². The molecule has 0 aliphatic heterocycles. The van der Waals surface area contributed by atoms with Crippen molar-refractivity contribution >= 4 is 19.4 Å². The Balaban J connectivity index is 2.77. The van der Waals surface area contributed by atoms with Crippen LogP contribution in [0, 0.1) is 5.82 Å². The van der Waals surface area contributed by atoms with E-state index in [4.69, 9.17) is 9.11 Å². The van der Waals surface area contributed by atoms with Crippen molar-refractivity contribution in [2.75, 3.05) is 0 Å². The molecule has 6 heteroatoms. The van der Waals surface area contributed by atoms with Crippen molar-refractivity contribution in [3.05, 3.63) is 35.6 Å². The molecule has 1 aromatic rings. The molecule has 72 valence electrons. The molecule has 0 bridgehead atoms. The predicted molar refractivity (Wildman–Crippen MR) is 50.9 cm³/mol. The quantitative estimate of drug-likeness (QED) is 0.748. The van der Waals surface area contributed by atoms with Gasteiger partial charge >= 0.3 is 9.05 Å². The van der Waals surface area contributed by atoms with Crippen LogP contribution in [0.3, 0.4) is 0 Å². The molecule has 3 nitrogen and oxygen atoms in total. The van der Waals surface area contributed by atoms with Crippen molar-refractivity contribution in [2.24, 2.45) is 0 Å². The number of hydrogen-bond acceptors (Lipinski definition) is 1. The second kappa shape index (κ2) is 4.10. The van der Waals surface area contributed by atoms with Crippen molar-refractivity contribution in [1.82, 2.24) is 0 Å². The van der Waals surface area contributed by atoms with Crippen molar-refractivity contribution in [2.45, 2.75) is 5.75 Å². The van der Waals surface area contributed by atoms with E-state index in [1.807, 2.05) is 0 Å². The molecule has 0 spiro atoms. The van der Waals surface area contributed by atoms with Crippen LogP contribution in [0.15, 0.2) is 24.3 Å². The summed E-state index contributed by atoms with van der Waals surface area (Å²) in [5.41, 5.74) is 0.683. The molecule has 0 saturated carbocycles. The van der Waals surface area contributed by atoms with Gasteiger partial charge in [0.25, 0.3) is 10.3 Å². The lowest BCUT2D eigenvalue weighted by Crippen LogP contribution is -1.96. The zero-order valence-electron chi connectivity index (χ0n) is 6.51. The zero-order chi connectivity index (χ0) is 9.90. The largest absolute Gasteiger partial charge is 0.430 e. The average Bonchev–Trinajstić information content (AvgIpc) is 2.02. The van der Waals surface area contributed by atoms with E-state index in [1.54, 1.807) is 0 Å². The van der Waals surface area contributed by atoms with Crippen LogP contribution in [-0.2, 0) is 25.1 Å². The minimum absolute atomic E-state index is 0.173. The Morgan fingerprint density at radius 1 is 1.31 bits per heavy atom. The molecule has 0 aliphatic carbocycles. The molecular formula is C7H8FO3S2+. The smallest absolute Gasteiger partial charge is 0.251 e. The predicted octanol–water partition coefficient (Wildman–Crippen LogP) is 1.55. The second-order valence-corrected chi connectivity index (χ2v) is 5.77. The van der Waals surface area contributed by atoms with Gasteiger partial charge in [-0.05, 0) is 12.1 Å². The van der Waals surface area contributed by atoms with Crippen LogP contribution >= 0.6 is 0 Å². The molecule has 1 rings (SSSR count).